The number of fused-ring (bicyclic) bond motifs is 1. The predicted molar refractivity (Wildman–Crippen MR) is 133 cm³/mol. The van der Waals surface area contributed by atoms with Crippen molar-refractivity contribution in [3.05, 3.63) is 53.3 Å². The highest BCUT2D eigenvalue weighted by molar-refractivity contribution is 5.96. The van der Waals surface area contributed by atoms with Gasteiger partial charge in [-0.1, -0.05) is 17.3 Å². The van der Waals surface area contributed by atoms with E-state index in [4.69, 9.17) is 9.57 Å². The second-order valence-corrected chi connectivity index (χ2v) is 12.0. The third kappa shape index (κ3) is 2.60. The lowest BCUT2D eigenvalue weighted by Crippen LogP contribution is -2.79. The molecule has 1 saturated heterocycles. The number of benzene rings is 1. The normalized spacial score (nSPS) is 39.0. The summed E-state index contributed by atoms with van der Waals surface area (Å²) in [7, 11) is 0. The highest BCUT2D eigenvalue weighted by Gasteiger charge is 2.77. The molecule has 5 unspecified atom stereocenters. The quantitative estimate of drug-likeness (QED) is 0.626. The van der Waals surface area contributed by atoms with Crippen LogP contribution >= 0.6 is 0 Å². The fourth-order valence-corrected chi connectivity index (χ4v) is 8.51. The van der Waals surface area contributed by atoms with Gasteiger partial charge in [-0.3, -0.25) is 9.88 Å². The lowest BCUT2D eigenvalue weighted by molar-refractivity contribution is -0.210. The Bertz CT molecular complexity index is 1260. The van der Waals surface area contributed by atoms with E-state index in [-0.39, 0.29) is 23.3 Å². The summed E-state index contributed by atoms with van der Waals surface area (Å²) in [6.07, 6.45) is 9.25. The molecule has 1 aromatic carbocycles. The molecule has 6 aliphatic rings. The standard InChI is InChI=1S/C29H33N3O4/c33-21-7-6-19-15-23-29(34)11-10-27(9-8-22(27)31-35-17-20-3-1-2-13-30-20)26-28(29,24(19)25(21)36-26)12-14-32(23)16-18-4-5-18/h1-3,6-7,13,18,23,26,33-34H,4-5,8-12,14-17H2. The Balaban J connectivity index is 1.19. The molecule has 1 aromatic heterocycles. The zero-order valence-electron chi connectivity index (χ0n) is 20.5. The summed E-state index contributed by atoms with van der Waals surface area (Å²) in [6.45, 7) is 2.40. The molecule has 2 aromatic rings. The summed E-state index contributed by atoms with van der Waals surface area (Å²) in [6, 6.07) is 9.74. The Morgan fingerprint density at radius 1 is 1.14 bits per heavy atom. The Kier molecular flexibility index (Phi) is 4.31. The smallest absolute Gasteiger partial charge is 0.165 e. The zero-order valence-corrected chi connectivity index (χ0v) is 20.5. The molecule has 2 bridgehead atoms. The van der Waals surface area contributed by atoms with Gasteiger partial charge >= 0.3 is 0 Å². The van der Waals surface area contributed by atoms with Crippen LogP contribution in [0.25, 0.3) is 0 Å². The highest BCUT2D eigenvalue weighted by Crippen LogP contribution is 2.71. The molecule has 2 spiro atoms. The van der Waals surface area contributed by atoms with Crippen LogP contribution in [0.2, 0.25) is 0 Å². The maximum atomic E-state index is 12.7. The number of pyridine rings is 1. The van der Waals surface area contributed by atoms with Crippen LogP contribution in [0, 0.1) is 11.3 Å². The van der Waals surface area contributed by atoms with Crippen molar-refractivity contribution in [3.8, 4) is 11.5 Å². The number of piperidine rings is 1. The Labute approximate surface area is 211 Å². The van der Waals surface area contributed by atoms with E-state index in [9.17, 15) is 10.2 Å². The predicted octanol–water partition coefficient (Wildman–Crippen LogP) is 3.70. The Morgan fingerprint density at radius 2 is 2.06 bits per heavy atom. The van der Waals surface area contributed by atoms with Crippen molar-refractivity contribution in [3.63, 3.8) is 0 Å². The number of hydrogen-bond donors (Lipinski definition) is 2. The van der Waals surface area contributed by atoms with Crippen molar-refractivity contribution in [1.82, 2.24) is 9.88 Å². The molecule has 4 aliphatic carbocycles. The van der Waals surface area contributed by atoms with Gasteiger partial charge in [0, 0.05) is 24.3 Å². The Morgan fingerprint density at radius 3 is 2.83 bits per heavy atom. The van der Waals surface area contributed by atoms with Crippen molar-refractivity contribution in [2.75, 3.05) is 13.1 Å². The second-order valence-electron chi connectivity index (χ2n) is 12.0. The minimum Gasteiger partial charge on any atom is -0.504 e. The maximum Gasteiger partial charge on any atom is 0.165 e. The van der Waals surface area contributed by atoms with Gasteiger partial charge < -0.3 is 19.8 Å². The number of oxime groups is 1. The van der Waals surface area contributed by atoms with E-state index in [2.05, 4.69) is 21.1 Å². The molecule has 7 nitrogen and oxygen atoms in total. The van der Waals surface area contributed by atoms with Crippen molar-refractivity contribution < 1.29 is 19.8 Å². The third-order valence-electron chi connectivity index (χ3n) is 10.5. The minimum absolute atomic E-state index is 0.0964. The van der Waals surface area contributed by atoms with Crippen LogP contribution in [0.3, 0.4) is 0 Å². The first-order valence-corrected chi connectivity index (χ1v) is 13.6. The van der Waals surface area contributed by atoms with Gasteiger partial charge in [-0.2, -0.15) is 0 Å². The van der Waals surface area contributed by atoms with E-state index in [0.717, 1.165) is 74.5 Å². The second kappa shape index (κ2) is 7.23. The molecule has 3 saturated carbocycles. The number of aliphatic hydroxyl groups is 1. The van der Waals surface area contributed by atoms with Crippen molar-refractivity contribution in [1.29, 1.82) is 0 Å². The lowest BCUT2D eigenvalue weighted by atomic mass is 9.41. The van der Waals surface area contributed by atoms with Crippen LogP contribution in [0.15, 0.2) is 41.7 Å². The molecule has 5 atom stereocenters. The van der Waals surface area contributed by atoms with Gasteiger partial charge in [0.2, 0.25) is 0 Å². The molecule has 2 aliphatic heterocycles. The fraction of sp³-hybridized carbons (Fsp3) is 0.586. The fourth-order valence-electron chi connectivity index (χ4n) is 8.51. The molecule has 188 valence electrons. The highest BCUT2D eigenvalue weighted by atomic mass is 16.6. The monoisotopic (exact) mass is 487 g/mol. The van der Waals surface area contributed by atoms with Crippen LogP contribution in [0.1, 0.15) is 61.8 Å². The first kappa shape index (κ1) is 21.4. The topological polar surface area (TPSA) is 87.4 Å². The zero-order chi connectivity index (χ0) is 24.1. The van der Waals surface area contributed by atoms with Crippen molar-refractivity contribution in [2.24, 2.45) is 16.5 Å². The summed E-state index contributed by atoms with van der Waals surface area (Å²) < 4.78 is 6.78. The number of hydrogen-bond acceptors (Lipinski definition) is 7. The van der Waals surface area contributed by atoms with Crippen LogP contribution < -0.4 is 4.74 Å². The van der Waals surface area contributed by atoms with Gasteiger partial charge in [0.15, 0.2) is 18.1 Å². The van der Waals surface area contributed by atoms with E-state index >= 15 is 0 Å². The van der Waals surface area contributed by atoms with Crippen LogP contribution in [-0.4, -0.2) is 56.6 Å². The average Bonchev–Trinajstić information content (AvgIpc) is 3.62. The van der Waals surface area contributed by atoms with E-state index in [1.54, 1.807) is 12.3 Å². The minimum atomic E-state index is -0.863. The number of phenols is 1. The van der Waals surface area contributed by atoms with E-state index in [1.165, 1.54) is 18.4 Å². The molecule has 3 heterocycles. The van der Waals surface area contributed by atoms with E-state index < -0.39 is 11.0 Å². The first-order valence-electron chi connectivity index (χ1n) is 13.6. The van der Waals surface area contributed by atoms with Crippen molar-refractivity contribution >= 4 is 5.71 Å². The molecular formula is C29H33N3O4. The number of aromatic hydroxyl groups is 1. The molecular weight excluding hydrogens is 454 g/mol. The van der Waals surface area contributed by atoms with Crippen molar-refractivity contribution in [2.45, 2.75) is 81.1 Å². The maximum absolute atomic E-state index is 12.7. The van der Waals surface area contributed by atoms with Gasteiger partial charge in [-0.15, -0.1) is 0 Å². The summed E-state index contributed by atoms with van der Waals surface area (Å²) in [4.78, 5) is 12.7. The molecule has 0 radical (unpaired) electrons. The third-order valence-corrected chi connectivity index (χ3v) is 10.5. The van der Waals surface area contributed by atoms with E-state index in [0.29, 0.717) is 12.4 Å². The molecule has 8 rings (SSSR count). The number of likely N-dealkylation sites (tertiary alicyclic amines) is 1. The molecule has 2 N–H and O–H groups in total. The van der Waals surface area contributed by atoms with Gasteiger partial charge in [0.05, 0.1) is 27.8 Å². The van der Waals surface area contributed by atoms with Gasteiger partial charge in [0.25, 0.3) is 0 Å². The summed E-state index contributed by atoms with van der Waals surface area (Å²) in [5.74, 6) is 1.58. The molecule has 0 amide bonds. The van der Waals surface area contributed by atoms with Gasteiger partial charge in [-0.25, -0.2) is 0 Å². The Hall–Kier alpha value is -2.64. The van der Waals surface area contributed by atoms with Gasteiger partial charge in [0.1, 0.15) is 6.10 Å². The van der Waals surface area contributed by atoms with Crippen LogP contribution in [0.5, 0.6) is 11.5 Å². The van der Waals surface area contributed by atoms with Crippen LogP contribution in [0.4, 0.5) is 0 Å². The molecule has 36 heavy (non-hydrogen) atoms. The summed E-state index contributed by atoms with van der Waals surface area (Å²) in [5.41, 5.74) is 2.57. The lowest BCUT2D eigenvalue weighted by Gasteiger charge is -2.68. The SMILES string of the molecule is Oc1ccc2c3c1OC1C4(CCC4=NOCc4ccccn4)CCC4(O)C(C2)N(CC2CC2)CCC314. The number of nitrogens with zero attached hydrogens (tertiary/aromatic N) is 3. The summed E-state index contributed by atoms with van der Waals surface area (Å²) in [5, 5.41) is 28.2. The number of aromatic nitrogens is 1. The van der Waals surface area contributed by atoms with E-state index in [1.807, 2.05) is 18.2 Å². The molecule has 7 heteroatoms. The largest absolute Gasteiger partial charge is 0.504 e. The molecule has 4 fully saturated rings. The average molecular weight is 488 g/mol. The van der Waals surface area contributed by atoms with Gasteiger partial charge in [-0.05, 0) is 87.6 Å². The number of ether oxygens (including phenoxy) is 1. The van der Waals surface area contributed by atoms with Crippen LogP contribution in [-0.2, 0) is 23.3 Å². The number of rotatable bonds is 5. The number of phenolic OH excluding ortho intramolecular Hbond substituents is 1. The first-order chi connectivity index (χ1) is 17.6. The summed E-state index contributed by atoms with van der Waals surface area (Å²) >= 11 is 0.